The van der Waals surface area contributed by atoms with E-state index in [0.717, 1.165) is 11.3 Å². The van der Waals surface area contributed by atoms with Crippen molar-refractivity contribution in [2.45, 2.75) is 6.42 Å². The smallest absolute Gasteiger partial charge is 0.305 e. The second-order valence-corrected chi connectivity index (χ2v) is 5.40. The third kappa shape index (κ3) is 6.47. The number of pyridine rings is 1. The van der Waals surface area contributed by atoms with Gasteiger partial charge >= 0.3 is 5.97 Å². The molecule has 0 atom stereocenters. The average Bonchev–Trinajstić information content (AvgIpc) is 2.64. The summed E-state index contributed by atoms with van der Waals surface area (Å²) in [6.45, 7) is 0.0357. The van der Waals surface area contributed by atoms with Crippen LogP contribution in [0.5, 0.6) is 5.75 Å². The number of aromatic nitrogens is 1. The summed E-state index contributed by atoms with van der Waals surface area (Å²) in [5.41, 5.74) is 1.86. The Morgan fingerprint density at radius 2 is 1.92 bits per heavy atom. The number of rotatable bonds is 8. The summed E-state index contributed by atoms with van der Waals surface area (Å²) in [6.07, 6.45) is 5.51. The number of carboxylic acids is 1. The molecule has 6 nitrogen and oxygen atoms in total. The normalized spacial score (nSPS) is 10.6. The molecule has 1 aromatic heterocycles. The Labute approximate surface area is 146 Å². The van der Waals surface area contributed by atoms with E-state index in [4.69, 9.17) is 9.84 Å². The topological polar surface area (TPSA) is 79.7 Å². The van der Waals surface area contributed by atoms with Gasteiger partial charge in [0.1, 0.15) is 5.75 Å². The van der Waals surface area contributed by atoms with Gasteiger partial charge in [-0.1, -0.05) is 24.3 Å². The third-order valence-electron chi connectivity index (χ3n) is 3.46. The van der Waals surface area contributed by atoms with Gasteiger partial charge in [-0.25, -0.2) is 0 Å². The lowest BCUT2D eigenvalue weighted by molar-refractivity contribution is -0.138. The third-order valence-corrected chi connectivity index (χ3v) is 3.46. The molecular formula is C19H20N2O4. The number of carbonyl (C=O) groups excluding carboxylic acids is 1. The molecule has 0 aliphatic rings. The van der Waals surface area contributed by atoms with E-state index < -0.39 is 5.97 Å². The van der Waals surface area contributed by atoms with E-state index in [1.54, 1.807) is 25.4 Å². The Bertz CT molecular complexity index is 727. The molecule has 2 rings (SSSR count). The fourth-order valence-electron chi connectivity index (χ4n) is 1.97. The van der Waals surface area contributed by atoms with Crippen molar-refractivity contribution in [1.82, 2.24) is 9.88 Å². The maximum Gasteiger partial charge on any atom is 0.305 e. The minimum atomic E-state index is -0.935. The lowest BCUT2D eigenvalue weighted by Gasteiger charge is -2.16. The summed E-state index contributed by atoms with van der Waals surface area (Å²) in [5.74, 6) is -0.620. The summed E-state index contributed by atoms with van der Waals surface area (Å²) in [4.78, 5) is 27.9. The zero-order valence-electron chi connectivity index (χ0n) is 14.0. The first-order chi connectivity index (χ1) is 12.0. The van der Waals surface area contributed by atoms with Crippen LogP contribution in [0.3, 0.4) is 0 Å². The number of likely N-dealkylation sites (N-methyl/N-ethyl adjacent to an activating group) is 1. The summed E-state index contributed by atoms with van der Waals surface area (Å²) in [5, 5.41) is 8.62. The Morgan fingerprint density at radius 1 is 1.16 bits per heavy atom. The number of aliphatic carboxylic acids is 1. The van der Waals surface area contributed by atoms with Gasteiger partial charge in [-0.15, -0.1) is 0 Å². The Hall–Kier alpha value is -3.15. The molecule has 1 aromatic carbocycles. The predicted molar refractivity (Wildman–Crippen MR) is 95.0 cm³/mol. The summed E-state index contributed by atoms with van der Waals surface area (Å²) < 4.78 is 5.44. The fourth-order valence-corrected chi connectivity index (χ4v) is 1.97. The van der Waals surface area contributed by atoms with Gasteiger partial charge in [0.25, 0.3) is 5.91 Å². The molecule has 1 heterocycles. The Balaban J connectivity index is 1.83. The highest BCUT2D eigenvalue weighted by molar-refractivity contribution is 5.78. The molecule has 0 unspecified atom stereocenters. The van der Waals surface area contributed by atoms with E-state index in [9.17, 15) is 9.59 Å². The molecule has 0 saturated carbocycles. The van der Waals surface area contributed by atoms with Crippen LogP contribution < -0.4 is 4.74 Å². The van der Waals surface area contributed by atoms with E-state index in [0.29, 0.717) is 5.75 Å². The van der Waals surface area contributed by atoms with Crippen molar-refractivity contribution in [3.8, 4) is 5.75 Å². The highest BCUT2D eigenvalue weighted by Gasteiger charge is 2.10. The van der Waals surface area contributed by atoms with Gasteiger partial charge in [-0.3, -0.25) is 14.6 Å². The molecule has 1 amide bonds. The van der Waals surface area contributed by atoms with Gasteiger partial charge in [0.05, 0.1) is 12.1 Å². The van der Waals surface area contributed by atoms with Crippen LogP contribution in [0.25, 0.3) is 12.2 Å². The minimum Gasteiger partial charge on any atom is -0.484 e. The number of ether oxygens (including phenoxy) is 1. The van der Waals surface area contributed by atoms with Crippen molar-refractivity contribution in [3.63, 3.8) is 0 Å². The number of benzene rings is 1. The maximum atomic E-state index is 11.8. The van der Waals surface area contributed by atoms with Gasteiger partial charge in [-0.05, 0) is 35.9 Å². The number of amides is 1. The van der Waals surface area contributed by atoms with Crippen LogP contribution in [0.4, 0.5) is 0 Å². The summed E-state index contributed by atoms with van der Waals surface area (Å²) in [6, 6.07) is 13.0. The summed E-state index contributed by atoms with van der Waals surface area (Å²) >= 11 is 0. The van der Waals surface area contributed by atoms with Gasteiger partial charge in [0.15, 0.2) is 6.61 Å². The molecule has 2 aromatic rings. The molecular weight excluding hydrogens is 320 g/mol. The number of hydrogen-bond acceptors (Lipinski definition) is 4. The Kier molecular flexibility index (Phi) is 6.71. The van der Waals surface area contributed by atoms with Gasteiger partial charge in [-0.2, -0.15) is 0 Å². The second kappa shape index (κ2) is 9.22. The first-order valence-corrected chi connectivity index (χ1v) is 7.82. The molecule has 130 valence electrons. The zero-order chi connectivity index (χ0) is 18.1. The quantitative estimate of drug-likeness (QED) is 0.799. The molecule has 0 aliphatic heterocycles. The predicted octanol–water partition coefficient (Wildman–Crippen LogP) is 2.56. The van der Waals surface area contributed by atoms with Crippen molar-refractivity contribution in [2.24, 2.45) is 0 Å². The Morgan fingerprint density at radius 3 is 2.56 bits per heavy atom. The molecule has 0 bridgehead atoms. The van der Waals surface area contributed by atoms with Crippen molar-refractivity contribution in [3.05, 3.63) is 59.9 Å². The van der Waals surface area contributed by atoms with Crippen LogP contribution in [-0.2, 0) is 9.59 Å². The van der Waals surface area contributed by atoms with Crippen LogP contribution in [0.2, 0.25) is 0 Å². The first-order valence-electron chi connectivity index (χ1n) is 7.82. The average molecular weight is 340 g/mol. The van der Waals surface area contributed by atoms with Crippen molar-refractivity contribution in [2.75, 3.05) is 20.2 Å². The number of nitrogens with zero attached hydrogens (tertiary/aromatic N) is 2. The van der Waals surface area contributed by atoms with E-state index >= 15 is 0 Å². The maximum absolute atomic E-state index is 11.8. The van der Waals surface area contributed by atoms with E-state index in [-0.39, 0.29) is 25.5 Å². The number of carboxylic acid groups (broad SMARTS) is 1. The standard InChI is InChI=1S/C19H20N2O4/c1-21(13-11-19(23)24)18(22)14-25-17-9-6-15(7-10-17)5-8-16-4-2-3-12-20-16/h2-10,12H,11,13-14H2,1H3,(H,23,24)/b8-5+. The lowest BCUT2D eigenvalue weighted by Crippen LogP contribution is -2.33. The lowest BCUT2D eigenvalue weighted by atomic mass is 10.2. The van der Waals surface area contributed by atoms with Crippen molar-refractivity contribution >= 4 is 24.0 Å². The monoisotopic (exact) mass is 340 g/mol. The SMILES string of the molecule is CN(CCC(=O)O)C(=O)COc1ccc(/C=C/c2ccccn2)cc1. The zero-order valence-corrected chi connectivity index (χ0v) is 14.0. The van der Waals surface area contributed by atoms with Crippen molar-refractivity contribution in [1.29, 1.82) is 0 Å². The van der Waals surface area contributed by atoms with Crippen LogP contribution in [0.15, 0.2) is 48.7 Å². The second-order valence-electron chi connectivity index (χ2n) is 5.40. The summed E-state index contributed by atoms with van der Waals surface area (Å²) in [7, 11) is 1.56. The van der Waals surface area contributed by atoms with Crippen molar-refractivity contribution < 1.29 is 19.4 Å². The van der Waals surface area contributed by atoms with Crippen LogP contribution in [0.1, 0.15) is 17.7 Å². The largest absolute Gasteiger partial charge is 0.484 e. The van der Waals surface area contributed by atoms with E-state index in [1.807, 2.05) is 42.5 Å². The molecule has 0 aliphatic carbocycles. The highest BCUT2D eigenvalue weighted by atomic mass is 16.5. The minimum absolute atomic E-state index is 0.0838. The van der Waals surface area contributed by atoms with E-state index in [1.165, 1.54) is 4.90 Å². The molecule has 25 heavy (non-hydrogen) atoms. The molecule has 0 radical (unpaired) electrons. The molecule has 1 N–H and O–H groups in total. The fraction of sp³-hybridized carbons (Fsp3) is 0.211. The number of carbonyl (C=O) groups is 2. The number of hydrogen-bond donors (Lipinski definition) is 1. The molecule has 0 saturated heterocycles. The molecule has 6 heteroatoms. The highest BCUT2D eigenvalue weighted by Crippen LogP contribution is 2.14. The van der Waals surface area contributed by atoms with Crippen LogP contribution in [-0.4, -0.2) is 47.1 Å². The molecule has 0 fully saturated rings. The van der Waals surface area contributed by atoms with Gasteiger partial charge in [0, 0.05) is 19.8 Å². The van der Waals surface area contributed by atoms with Gasteiger partial charge < -0.3 is 14.7 Å². The van der Waals surface area contributed by atoms with E-state index in [2.05, 4.69) is 4.98 Å². The first kappa shape index (κ1) is 18.2. The molecule has 0 spiro atoms. The van der Waals surface area contributed by atoms with Crippen LogP contribution in [0, 0.1) is 0 Å². The van der Waals surface area contributed by atoms with Gasteiger partial charge in [0.2, 0.25) is 0 Å². The van der Waals surface area contributed by atoms with Crippen LogP contribution >= 0.6 is 0 Å².